The molecule has 0 aliphatic rings. The normalized spacial score (nSPS) is 12.3. The van der Waals surface area contributed by atoms with Gasteiger partial charge in [0.1, 0.15) is 11.5 Å². The van der Waals surface area contributed by atoms with Gasteiger partial charge in [-0.1, -0.05) is 6.92 Å². The van der Waals surface area contributed by atoms with Crippen LogP contribution in [0.5, 0.6) is 11.5 Å². The number of nitrogens with two attached hydrogens (primary N) is 1. The highest BCUT2D eigenvalue weighted by atomic mass is 16.5. The van der Waals surface area contributed by atoms with Gasteiger partial charge in [0.05, 0.1) is 14.2 Å². The molecule has 0 spiro atoms. The van der Waals surface area contributed by atoms with E-state index < -0.39 is 0 Å². The minimum absolute atomic E-state index is 0.117. The molecule has 3 nitrogen and oxygen atoms in total. The molecule has 3 heteroatoms. The first-order valence-electron chi connectivity index (χ1n) is 5.61. The molecule has 1 rings (SSSR count). The van der Waals surface area contributed by atoms with Crippen LogP contribution in [-0.2, 0) is 12.8 Å². The van der Waals surface area contributed by atoms with Crippen molar-refractivity contribution in [2.45, 2.75) is 32.7 Å². The predicted molar refractivity (Wildman–Crippen MR) is 66.3 cm³/mol. The van der Waals surface area contributed by atoms with Crippen LogP contribution in [-0.4, -0.2) is 20.3 Å². The SMILES string of the molecule is CCc1cc(OC)c(C[C@@H](C)N)cc1OC. The van der Waals surface area contributed by atoms with E-state index in [-0.39, 0.29) is 6.04 Å². The molecule has 1 atom stereocenters. The van der Waals surface area contributed by atoms with Crippen molar-refractivity contribution < 1.29 is 9.47 Å². The van der Waals surface area contributed by atoms with Crippen molar-refractivity contribution in [3.63, 3.8) is 0 Å². The fourth-order valence-electron chi connectivity index (χ4n) is 1.81. The Morgan fingerprint density at radius 2 is 1.62 bits per heavy atom. The van der Waals surface area contributed by atoms with Crippen molar-refractivity contribution in [2.75, 3.05) is 14.2 Å². The number of hydrogen-bond donors (Lipinski definition) is 1. The molecule has 0 fully saturated rings. The Morgan fingerprint density at radius 1 is 1.12 bits per heavy atom. The molecule has 90 valence electrons. The maximum Gasteiger partial charge on any atom is 0.122 e. The second kappa shape index (κ2) is 5.75. The third-order valence-electron chi connectivity index (χ3n) is 2.61. The van der Waals surface area contributed by atoms with Gasteiger partial charge in [-0.25, -0.2) is 0 Å². The third kappa shape index (κ3) is 2.89. The van der Waals surface area contributed by atoms with E-state index in [9.17, 15) is 0 Å². The second-order valence-corrected chi connectivity index (χ2v) is 4.01. The standard InChI is InChI=1S/C13H21NO2/c1-5-10-7-13(16-4)11(6-9(2)14)8-12(10)15-3/h7-9H,5-6,14H2,1-4H3/t9-/m1/s1. The van der Waals surface area contributed by atoms with Crippen molar-refractivity contribution >= 4 is 0 Å². The highest BCUT2D eigenvalue weighted by Crippen LogP contribution is 2.29. The van der Waals surface area contributed by atoms with Gasteiger partial charge in [-0.15, -0.1) is 0 Å². The molecular formula is C13H21NO2. The van der Waals surface area contributed by atoms with Crippen LogP contribution < -0.4 is 15.2 Å². The van der Waals surface area contributed by atoms with Gasteiger partial charge in [-0.05, 0) is 43.0 Å². The number of ether oxygens (including phenoxy) is 2. The van der Waals surface area contributed by atoms with Crippen LogP contribution >= 0.6 is 0 Å². The van der Waals surface area contributed by atoms with E-state index in [1.54, 1.807) is 14.2 Å². The highest BCUT2D eigenvalue weighted by Gasteiger charge is 2.11. The lowest BCUT2D eigenvalue weighted by molar-refractivity contribution is 0.394. The first-order valence-corrected chi connectivity index (χ1v) is 5.61. The number of aryl methyl sites for hydroxylation is 1. The Morgan fingerprint density at radius 3 is 2.06 bits per heavy atom. The molecule has 0 saturated heterocycles. The molecule has 0 saturated carbocycles. The smallest absolute Gasteiger partial charge is 0.122 e. The fraction of sp³-hybridized carbons (Fsp3) is 0.538. The second-order valence-electron chi connectivity index (χ2n) is 4.01. The summed E-state index contributed by atoms with van der Waals surface area (Å²) in [6, 6.07) is 4.18. The molecule has 0 aliphatic heterocycles. The lowest BCUT2D eigenvalue weighted by atomic mass is 10.0. The minimum Gasteiger partial charge on any atom is -0.496 e. The zero-order valence-electron chi connectivity index (χ0n) is 10.5. The summed E-state index contributed by atoms with van der Waals surface area (Å²) >= 11 is 0. The molecule has 0 aliphatic carbocycles. The zero-order valence-corrected chi connectivity index (χ0v) is 10.5. The summed E-state index contributed by atoms with van der Waals surface area (Å²) in [5.74, 6) is 1.81. The summed E-state index contributed by atoms with van der Waals surface area (Å²) in [4.78, 5) is 0. The molecule has 16 heavy (non-hydrogen) atoms. The van der Waals surface area contributed by atoms with Crippen molar-refractivity contribution in [1.82, 2.24) is 0 Å². The number of rotatable bonds is 5. The van der Waals surface area contributed by atoms with Crippen molar-refractivity contribution in [1.29, 1.82) is 0 Å². The molecule has 1 aromatic carbocycles. The maximum absolute atomic E-state index is 5.81. The Bertz CT molecular complexity index is 348. The van der Waals surface area contributed by atoms with E-state index in [0.29, 0.717) is 0 Å². The monoisotopic (exact) mass is 223 g/mol. The number of methoxy groups -OCH3 is 2. The van der Waals surface area contributed by atoms with Crippen molar-refractivity contribution in [2.24, 2.45) is 5.73 Å². The van der Waals surface area contributed by atoms with Crippen LogP contribution in [0.1, 0.15) is 25.0 Å². The van der Waals surface area contributed by atoms with Gasteiger partial charge in [-0.2, -0.15) is 0 Å². The molecule has 0 amide bonds. The van der Waals surface area contributed by atoms with Crippen LogP contribution in [0.3, 0.4) is 0 Å². The molecule has 0 radical (unpaired) electrons. The average Bonchev–Trinajstić information content (AvgIpc) is 2.27. The fourth-order valence-corrected chi connectivity index (χ4v) is 1.81. The Kier molecular flexibility index (Phi) is 4.62. The third-order valence-corrected chi connectivity index (χ3v) is 2.61. The van der Waals surface area contributed by atoms with Gasteiger partial charge in [-0.3, -0.25) is 0 Å². The predicted octanol–water partition coefficient (Wildman–Crippen LogP) is 2.16. The van der Waals surface area contributed by atoms with E-state index in [1.807, 2.05) is 19.1 Å². The molecule has 2 N–H and O–H groups in total. The van der Waals surface area contributed by atoms with Gasteiger partial charge < -0.3 is 15.2 Å². The Balaban J connectivity index is 3.15. The molecule has 0 heterocycles. The molecular weight excluding hydrogens is 202 g/mol. The number of hydrogen-bond acceptors (Lipinski definition) is 3. The van der Waals surface area contributed by atoms with Gasteiger partial charge in [0, 0.05) is 6.04 Å². The summed E-state index contributed by atoms with van der Waals surface area (Å²) in [5, 5.41) is 0. The lowest BCUT2D eigenvalue weighted by Gasteiger charge is -2.15. The number of benzene rings is 1. The average molecular weight is 223 g/mol. The summed E-state index contributed by atoms with van der Waals surface area (Å²) in [5.41, 5.74) is 8.08. The molecule has 0 bridgehead atoms. The van der Waals surface area contributed by atoms with E-state index in [2.05, 4.69) is 6.92 Å². The Hall–Kier alpha value is -1.22. The van der Waals surface area contributed by atoms with E-state index in [4.69, 9.17) is 15.2 Å². The van der Waals surface area contributed by atoms with Crippen LogP contribution in [0.15, 0.2) is 12.1 Å². The van der Waals surface area contributed by atoms with Gasteiger partial charge in [0.2, 0.25) is 0 Å². The largest absolute Gasteiger partial charge is 0.496 e. The zero-order chi connectivity index (χ0) is 12.1. The topological polar surface area (TPSA) is 44.5 Å². The van der Waals surface area contributed by atoms with Crippen LogP contribution in [0.4, 0.5) is 0 Å². The van der Waals surface area contributed by atoms with Crippen LogP contribution in [0, 0.1) is 0 Å². The van der Waals surface area contributed by atoms with Crippen molar-refractivity contribution in [3.05, 3.63) is 23.3 Å². The van der Waals surface area contributed by atoms with Crippen LogP contribution in [0.2, 0.25) is 0 Å². The Labute approximate surface area is 97.6 Å². The van der Waals surface area contributed by atoms with E-state index in [0.717, 1.165) is 35.5 Å². The highest BCUT2D eigenvalue weighted by molar-refractivity contribution is 5.46. The van der Waals surface area contributed by atoms with E-state index in [1.165, 1.54) is 0 Å². The molecule has 0 unspecified atom stereocenters. The van der Waals surface area contributed by atoms with Gasteiger partial charge in [0.25, 0.3) is 0 Å². The summed E-state index contributed by atoms with van der Waals surface area (Å²) in [7, 11) is 3.38. The minimum atomic E-state index is 0.117. The van der Waals surface area contributed by atoms with E-state index >= 15 is 0 Å². The van der Waals surface area contributed by atoms with Crippen molar-refractivity contribution in [3.8, 4) is 11.5 Å². The first kappa shape index (κ1) is 12.8. The summed E-state index contributed by atoms with van der Waals surface area (Å²) < 4.78 is 10.7. The van der Waals surface area contributed by atoms with Gasteiger partial charge >= 0.3 is 0 Å². The van der Waals surface area contributed by atoms with Crippen LogP contribution in [0.25, 0.3) is 0 Å². The quantitative estimate of drug-likeness (QED) is 0.832. The summed E-state index contributed by atoms with van der Waals surface area (Å²) in [6.45, 7) is 4.09. The molecule has 1 aromatic rings. The maximum atomic E-state index is 5.81. The lowest BCUT2D eigenvalue weighted by Crippen LogP contribution is -2.18. The summed E-state index contributed by atoms with van der Waals surface area (Å²) in [6.07, 6.45) is 1.72. The first-order chi connectivity index (χ1) is 7.62. The van der Waals surface area contributed by atoms with Gasteiger partial charge in [0.15, 0.2) is 0 Å². The molecule has 0 aromatic heterocycles.